The highest BCUT2D eigenvalue weighted by molar-refractivity contribution is 14.0. The number of aliphatic imine (C=N–C) groups is 1. The Labute approximate surface area is 156 Å². The van der Waals surface area contributed by atoms with E-state index in [4.69, 9.17) is 9.73 Å². The molecule has 2 atom stereocenters. The highest BCUT2D eigenvalue weighted by Crippen LogP contribution is 2.25. The van der Waals surface area contributed by atoms with Gasteiger partial charge in [-0.3, -0.25) is 9.89 Å². The maximum atomic E-state index is 5.41. The molecule has 0 bridgehead atoms. The highest BCUT2D eigenvalue weighted by atomic mass is 127. The number of hydrogen-bond donors (Lipinski definition) is 2. The summed E-state index contributed by atoms with van der Waals surface area (Å²) in [7, 11) is 0. The van der Waals surface area contributed by atoms with Gasteiger partial charge in [0.2, 0.25) is 0 Å². The first-order chi connectivity index (χ1) is 10.3. The number of morpholine rings is 1. The largest absolute Gasteiger partial charge is 0.379 e. The molecule has 7 heteroatoms. The summed E-state index contributed by atoms with van der Waals surface area (Å²) in [5.41, 5.74) is 0. The molecule has 2 fully saturated rings. The van der Waals surface area contributed by atoms with Crippen LogP contribution in [0.1, 0.15) is 26.7 Å². The highest BCUT2D eigenvalue weighted by Gasteiger charge is 2.17. The van der Waals surface area contributed by atoms with Crippen LogP contribution in [0.5, 0.6) is 0 Å². The summed E-state index contributed by atoms with van der Waals surface area (Å²) in [6, 6.07) is 0.477. The van der Waals surface area contributed by atoms with Crippen LogP contribution >= 0.6 is 35.7 Å². The third-order valence-corrected chi connectivity index (χ3v) is 5.45. The van der Waals surface area contributed by atoms with Crippen LogP contribution in [0.3, 0.4) is 0 Å². The molecule has 130 valence electrons. The zero-order valence-corrected chi connectivity index (χ0v) is 17.0. The summed E-state index contributed by atoms with van der Waals surface area (Å²) in [5.74, 6) is 2.28. The Morgan fingerprint density at radius 1 is 1.36 bits per heavy atom. The molecule has 2 rings (SSSR count). The van der Waals surface area contributed by atoms with Gasteiger partial charge in [-0.1, -0.05) is 0 Å². The lowest BCUT2D eigenvalue weighted by molar-refractivity contribution is 0.0220. The van der Waals surface area contributed by atoms with Gasteiger partial charge in [0.25, 0.3) is 0 Å². The van der Waals surface area contributed by atoms with Gasteiger partial charge in [-0.15, -0.1) is 24.0 Å². The maximum absolute atomic E-state index is 5.41. The predicted octanol–water partition coefficient (Wildman–Crippen LogP) is 1.78. The molecule has 0 aromatic heterocycles. The minimum atomic E-state index is 0. The zero-order valence-electron chi connectivity index (χ0n) is 13.8. The Balaban J connectivity index is 0.00000242. The summed E-state index contributed by atoms with van der Waals surface area (Å²) in [6.45, 7) is 10.9. The van der Waals surface area contributed by atoms with Crippen LogP contribution in [0, 0.1) is 0 Å². The Morgan fingerprint density at radius 3 is 2.77 bits per heavy atom. The summed E-state index contributed by atoms with van der Waals surface area (Å²) in [5, 5.41) is 7.60. The summed E-state index contributed by atoms with van der Waals surface area (Å²) in [6.07, 6.45) is 2.69. The summed E-state index contributed by atoms with van der Waals surface area (Å²) >= 11 is 2.08. The molecule has 2 saturated heterocycles. The molecular formula is C15H31IN4OS. The average molecular weight is 442 g/mol. The van der Waals surface area contributed by atoms with Crippen molar-refractivity contribution in [1.29, 1.82) is 0 Å². The predicted molar refractivity (Wildman–Crippen MR) is 107 cm³/mol. The Hall–Kier alpha value is 0.270. The number of guanidine groups is 1. The van der Waals surface area contributed by atoms with Crippen LogP contribution in [0.4, 0.5) is 0 Å². The number of nitrogens with one attached hydrogen (secondary N) is 2. The van der Waals surface area contributed by atoms with E-state index in [-0.39, 0.29) is 24.0 Å². The van der Waals surface area contributed by atoms with Crippen LogP contribution in [-0.2, 0) is 4.74 Å². The summed E-state index contributed by atoms with van der Waals surface area (Å²) in [4.78, 5) is 7.21. The van der Waals surface area contributed by atoms with Gasteiger partial charge in [0, 0.05) is 37.5 Å². The van der Waals surface area contributed by atoms with Gasteiger partial charge in [-0.05, 0) is 32.4 Å². The number of ether oxygens (including phenoxy) is 1. The zero-order chi connectivity index (χ0) is 14.9. The van der Waals surface area contributed by atoms with Crippen molar-refractivity contribution in [2.75, 3.05) is 51.7 Å². The molecule has 0 saturated carbocycles. The minimum absolute atomic E-state index is 0. The maximum Gasteiger partial charge on any atom is 0.191 e. The number of halogens is 1. The fourth-order valence-electron chi connectivity index (χ4n) is 2.71. The van der Waals surface area contributed by atoms with Gasteiger partial charge < -0.3 is 15.4 Å². The lowest BCUT2D eigenvalue weighted by Gasteiger charge is -2.31. The van der Waals surface area contributed by atoms with E-state index < -0.39 is 0 Å². The van der Waals surface area contributed by atoms with Gasteiger partial charge in [0.05, 0.1) is 19.8 Å². The van der Waals surface area contributed by atoms with E-state index >= 15 is 0 Å². The van der Waals surface area contributed by atoms with Crippen molar-refractivity contribution in [2.45, 2.75) is 38.0 Å². The smallest absolute Gasteiger partial charge is 0.191 e. The quantitative estimate of drug-likeness (QED) is 0.373. The Morgan fingerprint density at radius 2 is 2.14 bits per heavy atom. The molecule has 2 unspecified atom stereocenters. The first kappa shape index (κ1) is 20.3. The van der Waals surface area contributed by atoms with Crippen molar-refractivity contribution in [2.24, 2.45) is 4.99 Å². The first-order valence-corrected chi connectivity index (χ1v) is 9.30. The van der Waals surface area contributed by atoms with Crippen LogP contribution in [-0.4, -0.2) is 73.8 Å². The lowest BCUT2D eigenvalue weighted by atomic mass is 10.2. The van der Waals surface area contributed by atoms with Crippen molar-refractivity contribution in [3.8, 4) is 0 Å². The fourth-order valence-corrected chi connectivity index (χ4v) is 3.92. The Bertz CT molecular complexity index is 321. The average Bonchev–Trinajstić information content (AvgIpc) is 3.04. The fraction of sp³-hybridized carbons (Fsp3) is 0.933. The van der Waals surface area contributed by atoms with Crippen molar-refractivity contribution in [3.05, 3.63) is 0 Å². The number of hydrogen-bond acceptors (Lipinski definition) is 4. The molecule has 0 amide bonds. The van der Waals surface area contributed by atoms with Crippen LogP contribution in [0.2, 0.25) is 0 Å². The molecule has 0 aliphatic carbocycles. The molecule has 22 heavy (non-hydrogen) atoms. The third-order valence-electron chi connectivity index (χ3n) is 4.05. The topological polar surface area (TPSA) is 48.9 Å². The molecule has 2 aliphatic heterocycles. The second kappa shape index (κ2) is 11.8. The molecule has 2 N–H and O–H groups in total. The number of thioether (sulfide) groups is 1. The minimum Gasteiger partial charge on any atom is -0.379 e. The number of nitrogens with zero attached hydrogens (tertiary/aromatic N) is 2. The van der Waals surface area contributed by atoms with Gasteiger partial charge in [-0.25, -0.2) is 0 Å². The molecule has 0 aromatic rings. The van der Waals surface area contributed by atoms with Crippen molar-refractivity contribution < 1.29 is 4.74 Å². The molecule has 2 aliphatic rings. The van der Waals surface area contributed by atoms with Crippen molar-refractivity contribution in [1.82, 2.24) is 15.5 Å². The van der Waals surface area contributed by atoms with Crippen molar-refractivity contribution >= 4 is 41.7 Å². The Kier molecular flexibility index (Phi) is 10.9. The van der Waals surface area contributed by atoms with Gasteiger partial charge in [0.1, 0.15) is 0 Å². The van der Waals surface area contributed by atoms with E-state index in [9.17, 15) is 0 Å². The van der Waals surface area contributed by atoms with Crippen LogP contribution in [0.25, 0.3) is 0 Å². The second-order valence-electron chi connectivity index (χ2n) is 5.73. The summed E-state index contributed by atoms with van der Waals surface area (Å²) < 4.78 is 5.41. The molecular weight excluding hydrogens is 411 g/mol. The van der Waals surface area contributed by atoms with E-state index in [2.05, 4.69) is 41.1 Å². The molecule has 2 heterocycles. The first-order valence-electron chi connectivity index (χ1n) is 8.25. The van der Waals surface area contributed by atoms with Crippen LogP contribution in [0.15, 0.2) is 4.99 Å². The monoisotopic (exact) mass is 442 g/mol. The van der Waals surface area contributed by atoms with E-state index in [1.807, 2.05) is 0 Å². The van der Waals surface area contributed by atoms with E-state index in [1.165, 1.54) is 18.6 Å². The van der Waals surface area contributed by atoms with E-state index in [0.29, 0.717) is 6.04 Å². The molecule has 0 spiro atoms. The van der Waals surface area contributed by atoms with Crippen LogP contribution < -0.4 is 10.6 Å². The van der Waals surface area contributed by atoms with Crippen molar-refractivity contribution in [3.63, 3.8) is 0 Å². The third kappa shape index (κ3) is 7.23. The van der Waals surface area contributed by atoms with E-state index in [0.717, 1.165) is 57.1 Å². The molecule has 0 aromatic carbocycles. The standard InChI is InChI=1S/C15H30N4OS.HI/c1-3-16-15(18-12-14-5-4-10-21-14)17-11-13(2)19-6-8-20-9-7-19;/h13-14H,3-12H2,1-2H3,(H2,16,17,18);1H. The van der Waals surface area contributed by atoms with Gasteiger partial charge >= 0.3 is 0 Å². The van der Waals surface area contributed by atoms with Gasteiger partial charge in [-0.2, -0.15) is 11.8 Å². The normalized spacial score (nSPS) is 24.6. The number of rotatable bonds is 6. The van der Waals surface area contributed by atoms with Gasteiger partial charge in [0.15, 0.2) is 5.96 Å². The van der Waals surface area contributed by atoms with E-state index in [1.54, 1.807) is 0 Å². The molecule has 5 nitrogen and oxygen atoms in total. The second-order valence-corrected chi connectivity index (χ2v) is 7.14. The lowest BCUT2D eigenvalue weighted by Crippen LogP contribution is -2.45. The molecule has 0 radical (unpaired) electrons. The SMILES string of the molecule is CCNC(=NCC(C)N1CCOCC1)NCC1CCCS1.I.